The van der Waals surface area contributed by atoms with E-state index in [4.69, 9.17) is 14.2 Å². The summed E-state index contributed by atoms with van der Waals surface area (Å²) in [6, 6.07) is 7.18. The predicted molar refractivity (Wildman–Crippen MR) is 121 cm³/mol. The van der Waals surface area contributed by atoms with Gasteiger partial charge < -0.3 is 19.5 Å². The molecule has 9 nitrogen and oxygen atoms in total. The molecule has 33 heavy (non-hydrogen) atoms. The van der Waals surface area contributed by atoms with Crippen molar-refractivity contribution >= 4 is 22.9 Å². The van der Waals surface area contributed by atoms with Gasteiger partial charge in [0.15, 0.2) is 23.8 Å². The predicted octanol–water partition coefficient (Wildman–Crippen LogP) is 3.45. The number of nitrogens with one attached hydrogen (secondary N) is 1. The molecule has 1 aliphatic heterocycles. The highest BCUT2D eigenvalue weighted by Crippen LogP contribution is 2.34. The van der Waals surface area contributed by atoms with Crippen molar-refractivity contribution in [1.29, 1.82) is 0 Å². The van der Waals surface area contributed by atoms with Crippen LogP contribution in [0.4, 0.5) is 0 Å². The Bertz CT molecular complexity index is 1170. The molecule has 0 fully saturated rings. The number of carbonyl (C=O) groups excluding carboxylic acids is 2. The van der Waals surface area contributed by atoms with Gasteiger partial charge in [-0.3, -0.25) is 4.79 Å². The number of esters is 1. The number of ether oxygens (including phenoxy) is 3. The largest absolute Gasteiger partial charge is 0.486 e. The quantitative estimate of drug-likeness (QED) is 0.548. The van der Waals surface area contributed by atoms with Gasteiger partial charge >= 0.3 is 5.97 Å². The Morgan fingerprint density at radius 1 is 1.09 bits per heavy atom. The molecular formula is C24H28N4O5. The van der Waals surface area contributed by atoms with Gasteiger partial charge in [0.2, 0.25) is 0 Å². The number of fused-ring (bicyclic) bond motifs is 2. The Labute approximate surface area is 192 Å². The zero-order valence-electron chi connectivity index (χ0n) is 19.2. The van der Waals surface area contributed by atoms with E-state index in [1.54, 1.807) is 16.9 Å². The maximum absolute atomic E-state index is 12.6. The van der Waals surface area contributed by atoms with Crippen molar-refractivity contribution in [3.05, 3.63) is 47.8 Å². The van der Waals surface area contributed by atoms with E-state index in [1.165, 1.54) is 6.20 Å². The first kappa shape index (κ1) is 22.6. The lowest BCUT2D eigenvalue weighted by atomic mass is 9.95. The highest BCUT2D eigenvalue weighted by molar-refractivity contribution is 5.94. The van der Waals surface area contributed by atoms with Crippen LogP contribution in [0.5, 0.6) is 11.5 Å². The zero-order valence-corrected chi connectivity index (χ0v) is 19.2. The Balaban J connectivity index is 1.39. The molecule has 0 saturated heterocycles. The second-order valence-electron chi connectivity index (χ2n) is 8.59. The normalized spacial score (nSPS) is 13.9. The standard InChI is InChI=1S/C24H28N4O5/c1-14(2)22(16-5-6-19-20(10-16)32-8-7-31-19)27-21(29)13-33-24(30)18-9-17-12-26-28(15(3)4)23(17)25-11-18/h5-6,9-12,14-15,22H,7-8,13H2,1-4H3,(H,27,29). The van der Waals surface area contributed by atoms with E-state index < -0.39 is 18.5 Å². The monoisotopic (exact) mass is 452 g/mol. The topological polar surface area (TPSA) is 105 Å². The van der Waals surface area contributed by atoms with Crippen LogP contribution in [-0.2, 0) is 9.53 Å². The van der Waals surface area contributed by atoms with Crippen molar-refractivity contribution in [1.82, 2.24) is 20.1 Å². The molecular weight excluding hydrogens is 424 g/mol. The molecule has 3 aromatic rings. The number of aromatic nitrogens is 3. The number of amides is 1. The SMILES string of the molecule is CC(C)C(NC(=O)COC(=O)c1cnc2c(cnn2C(C)C)c1)c1ccc2c(c1)OCCO2. The number of rotatable bonds is 7. The fourth-order valence-electron chi connectivity index (χ4n) is 3.75. The number of carbonyl (C=O) groups is 2. The van der Waals surface area contributed by atoms with Crippen LogP contribution in [0.15, 0.2) is 36.7 Å². The van der Waals surface area contributed by atoms with Crippen molar-refractivity contribution < 1.29 is 23.8 Å². The lowest BCUT2D eigenvalue weighted by Gasteiger charge is -2.25. The average Bonchev–Trinajstić information content (AvgIpc) is 3.24. The summed E-state index contributed by atoms with van der Waals surface area (Å²) in [6.45, 7) is 8.64. The first-order chi connectivity index (χ1) is 15.8. The molecule has 0 aliphatic carbocycles. The van der Waals surface area contributed by atoms with Gasteiger partial charge in [-0.25, -0.2) is 14.5 Å². The molecule has 0 bridgehead atoms. The molecule has 0 saturated carbocycles. The molecule has 3 heterocycles. The minimum atomic E-state index is -0.614. The number of pyridine rings is 1. The van der Waals surface area contributed by atoms with Crippen LogP contribution in [-0.4, -0.2) is 46.5 Å². The first-order valence-corrected chi connectivity index (χ1v) is 11.0. The van der Waals surface area contributed by atoms with Crippen molar-refractivity contribution in [3.63, 3.8) is 0 Å². The fraction of sp³-hybridized carbons (Fsp3) is 0.417. The van der Waals surface area contributed by atoms with Crippen molar-refractivity contribution in [2.75, 3.05) is 19.8 Å². The van der Waals surface area contributed by atoms with Gasteiger partial charge in [-0.15, -0.1) is 0 Å². The molecule has 1 amide bonds. The van der Waals surface area contributed by atoms with Crippen molar-refractivity contribution in [2.24, 2.45) is 5.92 Å². The summed E-state index contributed by atoms with van der Waals surface area (Å²) in [7, 11) is 0. The van der Waals surface area contributed by atoms with E-state index in [0.717, 1.165) is 10.9 Å². The first-order valence-electron chi connectivity index (χ1n) is 11.0. The van der Waals surface area contributed by atoms with E-state index in [9.17, 15) is 9.59 Å². The van der Waals surface area contributed by atoms with Crippen LogP contribution >= 0.6 is 0 Å². The van der Waals surface area contributed by atoms with Crippen molar-refractivity contribution in [3.8, 4) is 11.5 Å². The third-order valence-electron chi connectivity index (χ3n) is 5.40. The van der Waals surface area contributed by atoms with Gasteiger partial charge in [0.05, 0.1) is 17.8 Å². The van der Waals surface area contributed by atoms with Gasteiger partial charge in [0.1, 0.15) is 13.2 Å². The highest BCUT2D eigenvalue weighted by Gasteiger charge is 2.22. The summed E-state index contributed by atoms with van der Waals surface area (Å²) in [5.41, 5.74) is 1.86. The molecule has 1 N–H and O–H groups in total. The number of nitrogens with zero attached hydrogens (tertiary/aromatic N) is 3. The third kappa shape index (κ3) is 4.92. The van der Waals surface area contributed by atoms with Crippen LogP contribution in [0.25, 0.3) is 11.0 Å². The van der Waals surface area contributed by atoms with Gasteiger partial charge in [-0.1, -0.05) is 19.9 Å². The molecule has 2 aromatic heterocycles. The second kappa shape index (κ2) is 9.48. The summed E-state index contributed by atoms with van der Waals surface area (Å²) < 4.78 is 18.2. The number of hydrogen-bond donors (Lipinski definition) is 1. The maximum atomic E-state index is 12.6. The molecule has 174 valence electrons. The van der Waals surface area contributed by atoms with E-state index in [1.807, 2.05) is 45.9 Å². The Morgan fingerprint density at radius 2 is 1.85 bits per heavy atom. The maximum Gasteiger partial charge on any atom is 0.340 e. The fourth-order valence-corrected chi connectivity index (χ4v) is 3.75. The molecule has 4 rings (SSSR count). The summed E-state index contributed by atoms with van der Waals surface area (Å²) in [5.74, 6) is 0.457. The van der Waals surface area contributed by atoms with Crippen molar-refractivity contribution in [2.45, 2.75) is 39.8 Å². The Hall–Kier alpha value is -3.62. The molecule has 1 aromatic carbocycles. The lowest BCUT2D eigenvalue weighted by molar-refractivity contribution is -0.125. The minimum absolute atomic E-state index is 0.108. The zero-order chi connectivity index (χ0) is 23.5. The Kier molecular flexibility index (Phi) is 6.48. The number of hydrogen-bond acceptors (Lipinski definition) is 7. The summed E-state index contributed by atoms with van der Waals surface area (Å²) in [4.78, 5) is 29.4. The van der Waals surface area contributed by atoms with Crippen LogP contribution < -0.4 is 14.8 Å². The lowest BCUT2D eigenvalue weighted by Crippen LogP contribution is -2.35. The minimum Gasteiger partial charge on any atom is -0.486 e. The van der Waals surface area contributed by atoms with Crippen LogP contribution in [0.2, 0.25) is 0 Å². The molecule has 1 unspecified atom stereocenters. The summed E-state index contributed by atoms with van der Waals surface area (Å²) in [5, 5.41) is 7.98. The van der Waals surface area contributed by atoms with Gasteiger partial charge in [0, 0.05) is 17.6 Å². The number of benzene rings is 1. The molecule has 0 radical (unpaired) electrons. The Morgan fingerprint density at radius 3 is 2.58 bits per heavy atom. The molecule has 1 atom stereocenters. The van der Waals surface area contributed by atoms with Crippen LogP contribution in [0.3, 0.4) is 0 Å². The van der Waals surface area contributed by atoms with Gasteiger partial charge in [-0.2, -0.15) is 5.10 Å². The highest BCUT2D eigenvalue weighted by atomic mass is 16.6. The molecule has 0 spiro atoms. The van der Waals surface area contributed by atoms with E-state index in [0.29, 0.717) is 30.4 Å². The molecule has 1 aliphatic rings. The second-order valence-corrected chi connectivity index (χ2v) is 8.59. The molecule has 9 heteroatoms. The van der Waals surface area contributed by atoms with E-state index in [2.05, 4.69) is 15.4 Å². The average molecular weight is 453 g/mol. The van der Waals surface area contributed by atoms with Crippen LogP contribution in [0.1, 0.15) is 55.7 Å². The van der Waals surface area contributed by atoms with E-state index >= 15 is 0 Å². The van der Waals surface area contributed by atoms with E-state index in [-0.39, 0.29) is 23.6 Å². The smallest absolute Gasteiger partial charge is 0.340 e. The summed E-state index contributed by atoms with van der Waals surface area (Å²) in [6.07, 6.45) is 3.10. The third-order valence-corrected chi connectivity index (χ3v) is 5.40. The van der Waals surface area contributed by atoms with Crippen LogP contribution in [0, 0.1) is 5.92 Å². The van der Waals surface area contributed by atoms with Gasteiger partial charge in [-0.05, 0) is 43.5 Å². The summed E-state index contributed by atoms with van der Waals surface area (Å²) >= 11 is 0. The van der Waals surface area contributed by atoms with Gasteiger partial charge in [0.25, 0.3) is 5.91 Å².